The molecule has 0 saturated carbocycles. The molecule has 0 rings (SSSR count). The van der Waals surface area contributed by atoms with Crippen molar-refractivity contribution in [2.75, 3.05) is 0 Å². The fourth-order valence-corrected chi connectivity index (χ4v) is 0. The SMILES string of the molecule is [Cr].[Cu].[Sn].[Ti]. The van der Waals surface area contributed by atoms with Crippen LogP contribution in [0.3, 0.4) is 0 Å². The van der Waals surface area contributed by atoms with Crippen LogP contribution in [-0.2, 0) is 56.1 Å². The van der Waals surface area contributed by atoms with Crippen LogP contribution in [0, 0.1) is 0 Å². The zero-order valence-corrected chi connectivity index (χ0v) is 8.34. The Bertz CT molecular complexity index is 8.00. The van der Waals surface area contributed by atoms with Crippen molar-refractivity contribution in [1.29, 1.82) is 0 Å². The van der Waals surface area contributed by atoms with Crippen LogP contribution in [-0.4, -0.2) is 23.9 Å². The minimum absolute atomic E-state index is 0. The molecule has 0 fully saturated rings. The molecule has 0 atom stereocenters. The van der Waals surface area contributed by atoms with E-state index in [4.69, 9.17) is 0 Å². The van der Waals surface area contributed by atoms with Crippen LogP contribution in [0.1, 0.15) is 0 Å². The molecule has 0 unspecified atom stereocenters. The van der Waals surface area contributed by atoms with E-state index in [9.17, 15) is 0 Å². The van der Waals surface area contributed by atoms with Crippen LogP contribution in [0.4, 0.5) is 0 Å². The van der Waals surface area contributed by atoms with Crippen molar-refractivity contribution in [3.8, 4) is 0 Å². The van der Waals surface area contributed by atoms with Crippen molar-refractivity contribution in [1.82, 2.24) is 0 Å². The van der Waals surface area contributed by atoms with E-state index in [2.05, 4.69) is 0 Å². The van der Waals surface area contributed by atoms with Crippen LogP contribution in [0.25, 0.3) is 0 Å². The summed E-state index contributed by atoms with van der Waals surface area (Å²) in [6.07, 6.45) is 0. The van der Waals surface area contributed by atoms with Crippen LogP contribution >= 0.6 is 0 Å². The van der Waals surface area contributed by atoms with E-state index >= 15 is 0 Å². The summed E-state index contributed by atoms with van der Waals surface area (Å²) in [5, 5.41) is 0. The molecule has 0 spiro atoms. The molecule has 0 aromatic carbocycles. The third-order valence-electron chi connectivity index (χ3n) is 0. The number of hydrogen-bond donors (Lipinski definition) is 0. The van der Waals surface area contributed by atoms with Crippen LogP contribution in [0.2, 0.25) is 0 Å². The second-order valence-electron chi connectivity index (χ2n) is 0. The van der Waals surface area contributed by atoms with Gasteiger partial charge in [-0.25, -0.2) is 0 Å². The summed E-state index contributed by atoms with van der Waals surface area (Å²) in [7, 11) is 0. The summed E-state index contributed by atoms with van der Waals surface area (Å²) < 4.78 is 0. The normalized spacial score (nSPS) is 0. The Morgan fingerprint density at radius 2 is 1.00 bits per heavy atom. The Labute approximate surface area is 78.9 Å². The van der Waals surface area contributed by atoms with Gasteiger partial charge < -0.3 is 0 Å². The molecule has 0 aliphatic heterocycles. The molecule has 0 aromatic heterocycles. The quantitative estimate of drug-likeness (QED) is 0.531. The fourth-order valence-electron chi connectivity index (χ4n) is 0. The van der Waals surface area contributed by atoms with E-state index in [1.54, 1.807) is 0 Å². The van der Waals surface area contributed by atoms with Crippen LogP contribution in [0.5, 0.6) is 0 Å². The summed E-state index contributed by atoms with van der Waals surface area (Å²) in [6.45, 7) is 0. The minimum Gasteiger partial charge on any atom is 0 e. The maximum absolute atomic E-state index is 0. The number of rotatable bonds is 0. The average Bonchev–Trinajstić information content (AvgIpc) is 0. The van der Waals surface area contributed by atoms with Crippen LogP contribution in [0.15, 0.2) is 0 Å². The standard InChI is InChI=1S/Cr.Cu.Sn.Ti. The predicted molar refractivity (Wildman–Crippen MR) is 5.75 cm³/mol. The first kappa shape index (κ1) is 30.9. The molecule has 0 heterocycles. The van der Waals surface area contributed by atoms with E-state index in [0.29, 0.717) is 0 Å². The van der Waals surface area contributed by atoms with E-state index in [1.807, 2.05) is 0 Å². The van der Waals surface area contributed by atoms with Gasteiger partial charge in [-0.05, 0) is 0 Å². The van der Waals surface area contributed by atoms with E-state index in [1.165, 1.54) is 0 Å². The summed E-state index contributed by atoms with van der Waals surface area (Å²) in [6, 6.07) is 0. The molecule has 0 amide bonds. The molecule has 0 saturated heterocycles. The second kappa shape index (κ2) is 17.6. The third-order valence-corrected chi connectivity index (χ3v) is 0. The zero-order chi connectivity index (χ0) is 0. The maximum atomic E-state index is 0. The zero-order valence-electron chi connectivity index (χ0n) is 1.71. The van der Waals surface area contributed by atoms with Gasteiger partial charge in [-0.1, -0.05) is 0 Å². The maximum Gasteiger partial charge on any atom is 0 e. The average molecular weight is 282 g/mol. The van der Waals surface area contributed by atoms with Gasteiger partial charge in [0.25, 0.3) is 0 Å². The minimum atomic E-state index is 0. The summed E-state index contributed by atoms with van der Waals surface area (Å²) >= 11 is 0. The Morgan fingerprint density at radius 1 is 1.00 bits per heavy atom. The topological polar surface area (TPSA) is 0 Å². The van der Waals surface area contributed by atoms with Gasteiger partial charge in [0.15, 0.2) is 0 Å². The van der Waals surface area contributed by atoms with E-state index < -0.39 is 0 Å². The third kappa shape index (κ3) is 8.82. The monoisotopic (exact) mass is 283 g/mol. The van der Waals surface area contributed by atoms with Crippen molar-refractivity contribution in [2.24, 2.45) is 0 Å². The Morgan fingerprint density at radius 3 is 1.00 bits per heavy atom. The van der Waals surface area contributed by atoms with Gasteiger partial charge >= 0.3 is 0 Å². The molecular formula is CrCuSnTi. The first-order valence-electron chi connectivity index (χ1n) is 0. The Hall–Kier alpha value is 2.56. The van der Waals surface area contributed by atoms with Gasteiger partial charge in [0, 0.05) is 80.1 Å². The molecule has 0 aromatic rings. The molecule has 0 N–H and O–H groups in total. The van der Waals surface area contributed by atoms with Crippen molar-refractivity contribution < 1.29 is 56.1 Å². The first-order valence-corrected chi connectivity index (χ1v) is 0. The molecule has 25 valence electrons. The summed E-state index contributed by atoms with van der Waals surface area (Å²) in [5.41, 5.74) is 0. The molecule has 0 aliphatic rings. The van der Waals surface area contributed by atoms with Gasteiger partial charge in [-0.2, -0.15) is 0 Å². The van der Waals surface area contributed by atoms with Gasteiger partial charge in [0.05, 0.1) is 0 Å². The predicted octanol–water partition coefficient (Wildman–Crippen LogP) is -0.388. The van der Waals surface area contributed by atoms with Crippen molar-refractivity contribution in [2.45, 2.75) is 0 Å². The van der Waals surface area contributed by atoms with Gasteiger partial charge in [-0.3, -0.25) is 0 Å². The summed E-state index contributed by atoms with van der Waals surface area (Å²) in [5.74, 6) is 0. The van der Waals surface area contributed by atoms with E-state index in [-0.39, 0.29) is 80.1 Å². The molecule has 0 nitrogen and oxygen atoms in total. The second-order valence-corrected chi connectivity index (χ2v) is 0. The van der Waals surface area contributed by atoms with Gasteiger partial charge in [0.1, 0.15) is 0 Å². The molecule has 0 aliphatic carbocycles. The van der Waals surface area contributed by atoms with Gasteiger partial charge in [-0.15, -0.1) is 0 Å². The Kier molecular flexibility index (Phi) is 136. The van der Waals surface area contributed by atoms with Crippen molar-refractivity contribution in [3.63, 3.8) is 0 Å². The van der Waals surface area contributed by atoms with Crippen LogP contribution < -0.4 is 0 Å². The molecular weight excluding hydrogens is 282 g/mol. The van der Waals surface area contributed by atoms with Crippen molar-refractivity contribution >= 4 is 23.9 Å². The molecule has 4 heavy (non-hydrogen) atoms. The van der Waals surface area contributed by atoms with Crippen molar-refractivity contribution in [3.05, 3.63) is 0 Å². The fraction of sp³-hybridized carbons (Fsp3) is 0. The van der Waals surface area contributed by atoms with Gasteiger partial charge in [0.2, 0.25) is 0 Å². The summed E-state index contributed by atoms with van der Waals surface area (Å²) in [4.78, 5) is 0. The molecule has 5 radical (unpaired) electrons. The molecule has 0 bridgehead atoms. The molecule has 4 heteroatoms. The smallest absolute Gasteiger partial charge is 0 e. The first-order chi connectivity index (χ1) is 0. The Balaban J connectivity index is 0. The largest absolute Gasteiger partial charge is 0 e. The number of hydrogen-bond acceptors (Lipinski definition) is 0. The van der Waals surface area contributed by atoms with E-state index in [0.717, 1.165) is 0 Å².